The standard InChI is InChI=1S/C16H24N2O4/c1-11(2)17-15(19)10-18(3)16(20)9-12-6-7-13(21-4)14(8-12)22-5/h6-8,11H,9-10H2,1-5H3,(H,17,19). The Kier molecular flexibility index (Phi) is 6.69. The van der Waals surface area contributed by atoms with E-state index in [2.05, 4.69) is 5.32 Å². The molecule has 0 bridgehead atoms. The van der Waals surface area contributed by atoms with E-state index < -0.39 is 0 Å². The van der Waals surface area contributed by atoms with Gasteiger partial charge in [-0.25, -0.2) is 0 Å². The number of rotatable bonds is 7. The van der Waals surface area contributed by atoms with Gasteiger partial charge in [0.2, 0.25) is 11.8 Å². The number of hydrogen-bond acceptors (Lipinski definition) is 4. The van der Waals surface area contributed by atoms with Crippen LogP contribution in [0.15, 0.2) is 18.2 Å². The second kappa shape index (κ2) is 8.26. The number of methoxy groups -OCH3 is 2. The topological polar surface area (TPSA) is 67.9 Å². The summed E-state index contributed by atoms with van der Waals surface area (Å²) in [7, 11) is 4.72. The van der Waals surface area contributed by atoms with Gasteiger partial charge in [0, 0.05) is 13.1 Å². The summed E-state index contributed by atoms with van der Waals surface area (Å²) in [5.74, 6) is 0.889. The Bertz CT molecular complexity index is 529. The Morgan fingerprint density at radius 2 is 1.82 bits per heavy atom. The number of nitrogens with zero attached hydrogens (tertiary/aromatic N) is 1. The molecule has 0 fully saturated rings. The van der Waals surface area contributed by atoms with Crippen molar-refractivity contribution in [3.05, 3.63) is 23.8 Å². The smallest absolute Gasteiger partial charge is 0.239 e. The van der Waals surface area contributed by atoms with Crippen LogP contribution in [0.5, 0.6) is 11.5 Å². The predicted molar refractivity (Wildman–Crippen MR) is 84.2 cm³/mol. The fourth-order valence-corrected chi connectivity index (χ4v) is 1.97. The lowest BCUT2D eigenvalue weighted by molar-refractivity contribution is -0.134. The first-order valence-electron chi connectivity index (χ1n) is 7.11. The van der Waals surface area contributed by atoms with Crippen LogP contribution < -0.4 is 14.8 Å². The number of benzene rings is 1. The SMILES string of the molecule is COc1ccc(CC(=O)N(C)CC(=O)NC(C)C)cc1OC. The zero-order chi connectivity index (χ0) is 16.7. The Balaban J connectivity index is 2.66. The molecule has 0 saturated carbocycles. The third kappa shape index (κ3) is 5.27. The van der Waals surface area contributed by atoms with Gasteiger partial charge in [0.25, 0.3) is 0 Å². The first-order chi connectivity index (χ1) is 10.4. The van der Waals surface area contributed by atoms with Gasteiger partial charge in [-0.05, 0) is 31.5 Å². The minimum Gasteiger partial charge on any atom is -0.493 e. The zero-order valence-corrected chi connectivity index (χ0v) is 13.8. The summed E-state index contributed by atoms with van der Waals surface area (Å²) in [4.78, 5) is 25.2. The maximum absolute atomic E-state index is 12.2. The van der Waals surface area contributed by atoms with Gasteiger partial charge in [-0.3, -0.25) is 9.59 Å². The minimum absolute atomic E-state index is 0.0459. The number of hydrogen-bond donors (Lipinski definition) is 1. The van der Waals surface area contributed by atoms with Gasteiger partial charge in [0.15, 0.2) is 11.5 Å². The van der Waals surface area contributed by atoms with Crippen LogP contribution in [0.1, 0.15) is 19.4 Å². The molecule has 0 unspecified atom stereocenters. The van der Waals surface area contributed by atoms with E-state index in [9.17, 15) is 9.59 Å². The summed E-state index contributed by atoms with van der Waals surface area (Å²) in [6.45, 7) is 3.80. The molecule has 122 valence electrons. The number of carbonyl (C=O) groups excluding carboxylic acids is 2. The van der Waals surface area contributed by atoms with Gasteiger partial charge in [-0.1, -0.05) is 6.07 Å². The normalized spacial score (nSPS) is 10.3. The molecule has 0 spiro atoms. The number of amides is 2. The highest BCUT2D eigenvalue weighted by Gasteiger charge is 2.15. The summed E-state index contributed by atoms with van der Waals surface area (Å²) in [5, 5.41) is 2.76. The zero-order valence-electron chi connectivity index (χ0n) is 13.8. The van der Waals surface area contributed by atoms with Gasteiger partial charge < -0.3 is 19.7 Å². The quantitative estimate of drug-likeness (QED) is 0.822. The fraction of sp³-hybridized carbons (Fsp3) is 0.500. The van der Waals surface area contributed by atoms with E-state index in [-0.39, 0.29) is 30.8 Å². The average Bonchev–Trinajstić information content (AvgIpc) is 2.45. The molecule has 0 aliphatic carbocycles. The highest BCUT2D eigenvalue weighted by atomic mass is 16.5. The summed E-state index contributed by atoms with van der Waals surface area (Å²) in [6, 6.07) is 5.38. The first-order valence-corrected chi connectivity index (χ1v) is 7.11. The van der Waals surface area contributed by atoms with E-state index in [1.165, 1.54) is 4.90 Å². The molecule has 1 rings (SSSR count). The molecule has 6 nitrogen and oxygen atoms in total. The molecular formula is C16H24N2O4. The van der Waals surface area contributed by atoms with E-state index in [0.29, 0.717) is 11.5 Å². The second-order valence-electron chi connectivity index (χ2n) is 5.34. The molecule has 0 radical (unpaired) electrons. The van der Waals surface area contributed by atoms with Crippen molar-refractivity contribution in [1.82, 2.24) is 10.2 Å². The largest absolute Gasteiger partial charge is 0.493 e. The maximum atomic E-state index is 12.2. The van der Waals surface area contributed by atoms with Crippen LogP contribution in [0.25, 0.3) is 0 Å². The van der Waals surface area contributed by atoms with Crippen molar-refractivity contribution in [2.45, 2.75) is 26.3 Å². The van der Waals surface area contributed by atoms with E-state index in [4.69, 9.17) is 9.47 Å². The molecule has 0 saturated heterocycles. The summed E-state index contributed by atoms with van der Waals surface area (Å²) < 4.78 is 10.4. The van der Waals surface area contributed by atoms with Crippen LogP contribution in [0, 0.1) is 0 Å². The summed E-state index contributed by atoms with van der Waals surface area (Å²) >= 11 is 0. The van der Waals surface area contributed by atoms with Crippen LogP contribution >= 0.6 is 0 Å². The highest BCUT2D eigenvalue weighted by Crippen LogP contribution is 2.27. The van der Waals surface area contributed by atoms with E-state index in [0.717, 1.165) is 5.56 Å². The summed E-state index contributed by atoms with van der Waals surface area (Å²) in [6.07, 6.45) is 0.200. The molecule has 0 aliphatic heterocycles. The van der Waals surface area contributed by atoms with Crippen LogP contribution in [-0.2, 0) is 16.0 Å². The van der Waals surface area contributed by atoms with Crippen LogP contribution in [0.4, 0.5) is 0 Å². The van der Waals surface area contributed by atoms with Gasteiger partial charge in [-0.2, -0.15) is 0 Å². The lowest BCUT2D eigenvalue weighted by atomic mass is 10.1. The molecular weight excluding hydrogens is 284 g/mol. The molecule has 0 aliphatic rings. The second-order valence-corrected chi connectivity index (χ2v) is 5.34. The van der Waals surface area contributed by atoms with Crippen LogP contribution in [0.3, 0.4) is 0 Å². The lowest BCUT2D eigenvalue weighted by Gasteiger charge is -2.18. The lowest BCUT2D eigenvalue weighted by Crippen LogP contribution is -2.41. The Labute approximate surface area is 131 Å². The van der Waals surface area contributed by atoms with Crippen molar-refractivity contribution in [3.8, 4) is 11.5 Å². The Morgan fingerprint density at radius 3 is 2.36 bits per heavy atom. The molecule has 6 heteroatoms. The van der Waals surface area contributed by atoms with Crippen LogP contribution in [-0.4, -0.2) is 50.6 Å². The molecule has 1 N–H and O–H groups in total. The fourth-order valence-electron chi connectivity index (χ4n) is 1.97. The maximum Gasteiger partial charge on any atom is 0.239 e. The Morgan fingerprint density at radius 1 is 1.18 bits per heavy atom. The van der Waals surface area contributed by atoms with Crippen LogP contribution in [0.2, 0.25) is 0 Å². The van der Waals surface area contributed by atoms with Crippen molar-refractivity contribution in [2.75, 3.05) is 27.8 Å². The molecule has 1 aromatic rings. The van der Waals surface area contributed by atoms with Crippen molar-refractivity contribution in [2.24, 2.45) is 0 Å². The Hall–Kier alpha value is -2.24. The average molecular weight is 308 g/mol. The molecule has 0 atom stereocenters. The number of carbonyl (C=O) groups is 2. The predicted octanol–water partition coefficient (Wildman–Crippen LogP) is 1.23. The first kappa shape index (κ1) is 17.8. The van der Waals surface area contributed by atoms with Gasteiger partial charge in [0.1, 0.15) is 0 Å². The molecule has 0 aromatic heterocycles. The monoisotopic (exact) mass is 308 g/mol. The van der Waals surface area contributed by atoms with Gasteiger partial charge in [0.05, 0.1) is 27.2 Å². The molecule has 22 heavy (non-hydrogen) atoms. The van der Waals surface area contributed by atoms with E-state index in [1.807, 2.05) is 13.8 Å². The van der Waals surface area contributed by atoms with E-state index >= 15 is 0 Å². The number of nitrogens with one attached hydrogen (secondary N) is 1. The van der Waals surface area contributed by atoms with Crippen molar-refractivity contribution < 1.29 is 19.1 Å². The van der Waals surface area contributed by atoms with E-state index in [1.54, 1.807) is 39.5 Å². The molecule has 0 heterocycles. The van der Waals surface area contributed by atoms with Crippen molar-refractivity contribution in [3.63, 3.8) is 0 Å². The third-order valence-electron chi connectivity index (χ3n) is 3.06. The third-order valence-corrected chi connectivity index (χ3v) is 3.06. The van der Waals surface area contributed by atoms with Crippen molar-refractivity contribution >= 4 is 11.8 Å². The van der Waals surface area contributed by atoms with Gasteiger partial charge in [-0.15, -0.1) is 0 Å². The minimum atomic E-state index is -0.168. The van der Waals surface area contributed by atoms with Gasteiger partial charge >= 0.3 is 0 Å². The summed E-state index contributed by atoms with van der Waals surface area (Å²) in [5.41, 5.74) is 0.804. The van der Waals surface area contributed by atoms with Crippen molar-refractivity contribution in [1.29, 1.82) is 0 Å². The molecule has 2 amide bonds. The molecule has 1 aromatic carbocycles. The number of likely N-dealkylation sites (N-methyl/N-ethyl adjacent to an activating group) is 1. The highest BCUT2D eigenvalue weighted by molar-refractivity contribution is 5.85. The number of ether oxygens (including phenoxy) is 2.